The smallest absolute Gasteiger partial charge is 0.106 e. The second-order valence-corrected chi connectivity index (χ2v) is 4.58. The average molecular weight is 194 g/mol. The van der Waals surface area contributed by atoms with Crippen LogP contribution in [0.25, 0.3) is 0 Å². The first-order valence-corrected chi connectivity index (χ1v) is 5.89. The molecule has 14 heavy (non-hydrogen) atoms. The van der Waals surface area contributed by atoms with E-state index in [4.69, 9.17) is 0 Å². The second kappa shape index (κ2) is 5.36. The summed E-state index contributed by atoms with van der Waals surface area (Å²) in [5, 5.41) is 12.7. The Balaban J connectivity index is 2.53. The molecular formula is C12H22N2. The van der Waals surface area contributed by atoms with E-state index in [2.05, 4.69) is 25.2 Å². The summed E-state index contributed by atoms with van der Waals surface area (Å²) in [4.78, 5) is 0. The van der Waals surface area contributed by atoms with Gasteiger partial charge in [0.15, 0.2) is 0 Å². The summed E-state index contributed by atoms with van der Waals surface area (Å²) in [6, 6.07) is 2.47. The topological polar surface area (TPSA) is 35.8 Å². The zero-order valence-electron chi connectivity index (χ0n) is 9.47. The van der Waals surface area contributed by atoms with Gasteiger partial charge in [-0.2, -0.15) is 5.26 Å². The summed E-state index contributed by atoms with van der Waals surface area (Å²) in [5.74, 6) is 0.563. The monoisotopic (exact) mass is 194 g/mol. The molecule has 1 aliphatic carbocycles. The number of hydrogen-bond acceptors (Lipinski definition) is 2. The molecular weight excluding hydrogens is 172 g/mol. The molecule has 0 amide bonds. The summed E-state index contributed by atoms with van der Waals surface area (Å²) in [6.45, 7) is 5.17. The normalized spacial score (nSPS) is 22.6. The SMILES string of the molecule is CCCNC(C)(C#N)C1CCCCC1. The van der Waals surface area contributed by atoms with Gasteiger partial charge < -0.3 is 0 Å². The highest BCUT2D eigenvalue weighted by Gasteiger charge is 2.34. The predicted molar refractivity (Wildman–Crippen MR) is 58.9 cm³/mol. The van der Waals surface area contributed by atoms with Crippen LogP contribution < -0.4 is 5.32 Å². The Hall–Kier alpha value is -0.550. The number of hydrogen-bond donors (Lipinski definition) is 1. The lowest BCUT2D eigenvalue weighted by molar-refractivity contribution is 0.228. The van der Waals surface area contributed by atoms with Crippen molar-refractivity contribution in [3.63, 3.8) is 0 Å². The molecule has 0 aromatic heterocycles. The van der Waals surface area contributed by atoms with Crippen LogP contribution in [0.4, 0.5) is 0 Å². The van der Waals surface area contributed by atoms with Crippen LogP contribution in [0.3, 0.4) is 0 Å². The van der Waals surface area contributed by atoms with Crippen LogP contribution in [-0.2, 0) is 0 Å². The number of rotatable bonds is 4. The van der Waals surface area contributed by atoms with Crippen LogP contribution in [0.5, 0.6) is 0 Å². The Morgan fingerprint density at radius 3 is 2.50 bits per heavy atom. The molecule has 1 unspecified atom stereocenters. The fraction of sp³-hybridized carbons (Fsp3) is 0.917. The van der Waals surface area contributed by atoms with E-state index in [-0.39, 0.29) is 5.54 Å². The molecule has 1 atom stereocenters. The first-order chi connectivity index (χ1) is 6.73. The third-order valence-electron chi connectivity index (χ3n) is 3.40. The van der Waals surface area contributed by atoms with Gasteiger partial charge in [0.05, 0.1) is 6.07 Å². The molecule has 0 heterocycles. The van der Waals surface area contributed by atoms with E-state index in [1.165, 1.54) is 32.1 Å². The van der Waals surface area contributed by atoms with Gasteiger partial charge in [0.1, 0.15) is 5.54 Å². The van der Waals surface area contributed by atoms with Crippen molar-refractivity contribution < 1.29 is 0 Å². The molecule has 0 aromatic carbocycles. The maximum atomic E-state index is 9.25. The summed E-state index contributed by atoms with van der Waals surface area (Å²) in [7, 11) is 0. The highest BCUT2D eigenvalue weighted by atomic mass is 15.0. The molecule has 80 valence electrons. The minimum atomic E-state index is -0.281. The molecule has 0 aliphatic heterocycles. The molecule has 1 aliphatic rings. The molecule has 0 saturated heterocycles. The lowest BCUT2D eigenvalue weighted by Gasteiger charge is -2.35. The second-order valence-electron chi connectivity index (χ2n) is 4.58. The van der Waals surface area contributed by atoms with Crippen molar-refractivity contribution in [1.29, 1.82) is 5.26 Å². The first-order valence-electron chi connectivity index (χ1n) is 5.89. The molecule has 1 N–H and O–H groups in total. The van der Waals surface area contributed by atoms with Gasteiger partial charge in [0.25, 0.3) is 0 Å². The van der Waals surface area contributed by atoms with E-state index in [1.807, 2.05) is 0 Å². The standard InChI is InChI=1S/C12H22N2/c1-3-9-14-12(2,10-13)11-7-5-4-6-8-11/h11,14H,3-9H2,1-2H3. The van der Waals surface area contributed by atoms with Crippen molar-refractivity contribution in [2.45, 2.75) is 57.9 Å². The fourth-order valence-corrected chi connectivity index (χ4v) is 2.34. The Morgan fingerprint density at radius 1 is 1.36 bits per heavy atom. The predicted octanol–water partition coefficient (Wildman–Crippen LogP) is 2.85. The molecule has 2 nitrogen and oxygen atoms in total. The Bertz CT molecular complexity index is 201. The molecule has 0 spiro atoms. The Morgan fingerprint density at radius 2 is 2.00 bits per heavy atom. The Kier molecular flexibility index (Phi) is 4.41. The third kappa shape index (κ3) is 2.72. The van der Waals surface area contributed by atoms with E-state index in [0.29, 0.717) is 5.92 Å². The minimum Gasteiger partial charge on any atom is -0.299 e. The van der Waals surface area contributed by atoms with Crippen LogP contribution in [0.2, 0.25) is 0 Å². The van der Waals surface area contributed by atoms with Gasteiger partial charge in [-0.1, -0.05) is 26.2 Å². The number of nitrogens with zero attached hydrogens (tertiary/aromatic N) is 1. The highest BCUT2D eigenvalue weighted by molar-refractivity contribution is 5.08. The number of nitriles is 1. The van der Waals surface area contributed by atoms with Crippen molar-refractivity contribution in [3.8, 4) is 6.07 Å². The van der Waals surface area contributed by atoms with Gasteiger partial charge in [0, 0.05) is 0 Å². The maximum absolute atomic E-state index is 9.25. The molecule has 0 bridgehead atoms. The lowest BCUT2D eigenvalue weighted by Crippen LogP contribution is -2.48. The molecule has 1 saturated carbocycles. The zero-order chi connectivity index (χ0) is 10.4. The highest BCUT2D eigenvalue weighted by Crippen LogP contribution is 2.32. The quantitative estimate of drug-likeness (QED) is 0.747. The summed E-state index contributed by atoms with van der Waals surface area (Å²) < 4.78 is 0. The molecule has 1 fully saturated rings. The molecule has 2 heteroatoms. The van der Waals surface area contributed by atoms with Crippen LogP contribution in [-0.4, -0.2) is 12.1 Å². The number of nitrogens with one attached hydrogen (secondary N) is 1. The minimum absolute atomic E-state index is 0.281. The zero-order valence-corrected chi connectivity index (χ0v) is 9.47. The van der Waals surface area contributed by atoms with Crippen molar-refractivity contribution in [1.82, 2.24) is 5.32 Å². The first kappa shape index (κ1) is 11.5. The molecule has 1 rings (SSSR count). The summed E-state index contributed by atoms with van der Waals surface area (Å²) in [5.41, 5.74) is -0.281. The van der Waals surface area contributed by atoms with E-state index in [0.717, 1.165) is 13.0 Å². The lowest BCUT2D eigenvalue weighted by atomic mass is 9.76. The van der Waals surface area contributed by atoms with E-state index in [1.54, 1.807) is 0 Å². The van der Waals surface area contributed by atoms with Crippen molar-refractivity contribution >= 4 is 0 Å². The van der Waals surface area contributed by atoms with Crippen LogP contribution in [0, 0.1) is 17.2 Å². The van der Waals surface area contributed by atoms with Crippen molar-refractivity contribution in [2.75, 3.05) is 6.54 Å². The van der Waals surface area contributed by atoms with Gasteiger partial charge in [-0.05, 0) is 38.6 Å². The van der Waals surface area contributed by atoms with Gasteiger partial charge in [-0.25, -0.2) is 0 Å². The van der Waals surface area contributed by atoms with Gasteiger partial charge in [-0.3, -0.25) is 5.32 Å². The molecule has 0 radical (unpaired) electrons. The van der Waals surface area contributed by atoms with E-state index in [9.17, 15) is 5.26 Å². The van der Waals surface area contributed by atoms with Crippen molar-refractivity contribution in [3.05, 3.63) is 0 Å². The van der Waals surface area contributed by atoms with E-state index >= 15 is 0 Å². The molecule has 0 aromatic rings. The van der Waals surface area contributed by atoms with Gasteiger partial charge >= 0.3 is 0 Å². The third-order valence-corrected chi connectivity index (χ3v) is 3.40. The van der Waals surface area contributed by atoms with Crippen LogP contribution in [0.15, 0.2) is 0 Å². The van der Waals surface area contributed by atoms with Crippen LogP contribution in [0.1, 0.15) is 52.4 Å². The fourth-order valence-electron chi connectivity index (χ4n) is 2.34. The summed E-state index contributed by atoms with van der Waals surface area (Å²) >= 11 is 0. The van der Waals surface area contributed by atoms with Crippen molar-refractivity contribution in [2.24, 2.45) is 5.92 Å². The Labute approximate surface area is 87.7 Å². The van der Waals surface area contributed by atoms with Gasteiger partial charge in [0.2, 0.25) is 0 Å². The largest absolute Gasteiger partial charge is 0.299 e. The maximum Gasteiger partial charge on any atom is 0.106 e. The average Bonchev–Trinajstić information content (AvgIpc) is 2.27. The van der Waals surface area contributed by atoms with E-state index < -0.39 is 0 Å². The van der Waals surface area contributed by atoms with Gasteiger partial charge in [-0.15, -0.1) is 0 Å². The van der Waals surface area contributed by atoms with Crippen LogP contribution >= 0.6 is 0 Å². The summed E-state index contributed by atoms with van der Waals surface area (Å²) in [6.07, 6.45) is 7.50.